The van der Waals surface area contributed by atoms with Crippen LogP contribution < -0.4 is 5.32 Å². The number of hydrogen-bond donors (Lipinski definition) is 2. The van der Waals surface area contributed by atoms with E-state index in [1.165, 1.54) is 18.6 Å². The van der Waals surface area contributed by atoms with Crippen molar-refractivity contribution in [3.63, 3.8) is 0 Å². The van der Waals surface area contributed by atoms with Crippen LogP contribution in [0.2, 0.25) is 0 Å². The molecule has 2 N–H and O–H groups in total. The summed E-state index contributed by atoms with van der Waals surface area (Å²) in [6.07, 6.45) is 4.14. The molecular weight excluding hydrogens is 210 g/mol. The van der Waals surface area contributed by atoms with Crippen LogP contribution in [0.15, 0.2) is 0 Å². The molecular formula is C11H23NO2S. The second kappa shape index (κ2) is 7.99. The molecule has 4 heteroatoms. The van der Waals surface area contributed by atoms with Crippen molar-refractivity contribution in [1.82, 2.24) is 5.32 Å². The van der Waals surface area contributed by atoms with Gasteiger partial charge in [-0.05, 0) is 44.7 Å². The molecule has 0 amide bonds. The lowest BCUT2D eigenvalue weighted by Crippen LogP contribution is -2.47. The van der Waals surface area contributed by atoms with Gasteiger partial charge in [0.1, 0.15) is 5.54 Å². The summed E-state index contributed by atoms with van der Waals surface area (Å²) in [6, 6.07) is 0. The Morgan fingerprint density at radius 1 is 1.40 bits per heavy atom. The molecule has 0 aliphatic rings. The summed E-state index contributed by atoms with van der Waals surface area (Å²) >= 11 is 1.92. The van der Waals surface area contributed by atoms with Crippen molar-refractivity contribution in [2.45, 2.75) is 45.1 Å². The van der Waals surface area contributed by atoms with Gasteiger partial charge < -0.3 is 10.4 Å². The third kappa shape index (κ3) is 6.05. The van der Waals surface area contributed by atoms with Gasteiger partial charge in [-0.25, -0.2) is 0 Å². The summed E-state index contributed by atoms with van der Waals surface area (Å²) in [7, 11) is 1.71. The molecule has 0 heterocycles. The van der Waals surface area contributed by atoms with E-state index in [9.17, 15) is 4.79 Å². The summed E-state index contributed by atoms with van der Waals surface area (Å²) in [5, 5.41) is 11.9. The first-order valence-corrected chi connectivity index (χ1v) is 6.72. The lowest BCUT2D eigenvalue weighted by Gasteiger charge is -2.23. The first-order valence-electron chi connectivity index (χ1n) is 5.57. The van der Waals surface area contributed by atoms with Crippen LogP contribution in [0.1, 0.15) is 39.5 Å². The SMILES string of the molecule is CCCCSCCCC(C)(NC)C(=O)O. The molecule has 90 valence electrons. The van der Waals surface area contributed by atoms with Gasteiger partial charge in [0.15, 0.2) is 0 Å². The van der Waals surface area contributed by atoms with Crippen molar-refractivity contribution in [2.75, 3.05) is 18.6 Å². The summed E-state index contributed by atoms with van der Waals surface area (Å²) in [6.45, 7) is 3.93. The van der Waals surface area contributed by atoms with Gasteiger partial charge >= 0.3 is 5.97 Å². The highest BCUT2D eigenvalue weighted by Gasteiger charge is 2.29. The molecule has 0 radical (unpaired) electrons. The van der Waals surface area contributed by atoms with E-state index in [1.807, 2.05) is 11.8 Å². The summed E-state index contributed by atoms with van der Waals surface area (Å²) in [5.74, 6) is 1.49. The second-order valence-electron chi connectivity index (χ2n) is 3.96. The molecule has 0 aromatic rings. The minimum absolute atomic E-state index is 0.692. The van der Waals surface area contributed by atoms with E-state index in [0.717, 1.165) is 12.2 Å². The van der Waals surface area contributed by atoms with Crippen LogP contribution in [-0.4, -0.2) is 35.2 Å². The number of aliphatic carboxylic acids is 1. The fourth-order valence-corrected chi connectivity index (χ4v) is 2.26. The topological polar surface area (TPSA) is 49.3 Å². The maximum absolute atomic E-state index is 10.9. The molecule has 0 aromatic heterocycles. The van der Waals surface area contributed by atoms with Crippen LogP contribution in [0, 0.1) is 0 Å². The van der Waals surface area contributed by atoms with Crippen molar-refractivity contribution in [1.29, 1.82) is 0 Å². The summed E-state index contributed by atoms with van der Waals surface area (Å²) < 4.78 is 0. The third-order valence-electron chi connectivity index (χ3n) is 2.63. The largest absolute Gasteiger partial charge is 0.480 e. The van der Waals surface area contributed by atoms with Gasteiger partial charge in [0.2, 0.25) is 0 Å². The second-order valence-corrected chi connectivity index (χ2v) is 5.18. The van der Waals surface area contributed by atoms with Crippen molar-refractivity contribution in [3.8, 4) is 0 Å². The fraction of sp³-hybridized carbons (Fsp3) is 0.909. The Hall–Kier alpha value is -0.220. The number of unbranched alkanes of at least 4 members (excludes halogenated alkanes) is 1. The quantitative estimate of drug-likeness (QED) is 0.600. The highest BCUT2D eigenvalue weighted by molar-refractivity contribution is 7.99. The van der Waals surface area contributed by atoms with Crippen LogP contribution in [-0.2, 0) is 4.79 Å². The Morgan fingerprint density at radius 2 is 2.00 bits per heavy atom. The van der Waals surface area contributed by atoms with Gasteiger partial charge in [-0.15, -0.1) is 0 Å². The lowest BCUT2D eigenvalue weighted by atomic mass is 9.97. The zero-order valence-electron chi connectivity index (χ0n) is 10.0. The van der Waals surface area contributed by atoms with E-state index in [-0.39, 0.29) is 0 Å². The summed E-state index contributed by atoms with van der Waals surface area (Å²) in [4.78, 5) is 10.9. The van der Waals surface area contributed by atoms with Crippen LogP contribution >= 0.6 is 11.8 Å². The predicted molar refractivity (Wildman–Crippen MR) is 66.6 cm³/mol. The number of carboxylic acids is 1. The van der Waals surface area contributed by atoms with Crippen molar-refractivity contribution in [2.24, 2.45) is 0 Å². The lowest BCUT2D eigenvalue weighted by molar-refractivity contribution is -0.144. The minimum Gasteiger partial charge on any atom is -0.480 e. The molecule has 1 unspecified atom stereocenters. The van der Waals surface area contributed by atoms with Crippen molar-refractivity contribution in [3.05, 3.63) is 0 Å². The number of hydrogen-bond acceptors (Lipinski definition) is 3. The zero-order valence-corrected chi connectivity index (χ0v) is 10.8. The highest BCUT2D eigenvalue weighted by atomic mass is 32.2. The van der Waals surface area contributed by atoms with Crippen LogP contribution in [0.5, 0.6) is 0 Å². The number of carbonyl (C=O) groups is 1. The number of nitrogens with one attached hydrogen (secondary N) is 1. The predicted octanol–water partition coefficient (Wildman–Crippen LogP) is 2.36. The molecule has 0 aliphatic heterocycles. The van der Waals surface area contributed by atoms with E-state index in [0.29, 0.717) is 6.42 Å². The Morgan fingerprint density at radius 3 is 2.47 bits per heavy atom. The van der Waals surface area contributed by atoms with E-state index in [2.05, 4.69) is 12.2 Å². The molecule has 0 saturated carbocycles. The number of thioether (sulfide) groups is 1. The van der Waals surface area contributed by atoms with Gasteiger partial charge in [0.25, 0.3) is 0 Å². The maximum atomic E-state index is 10.9. The van der Waals surface area contributed by atoms with Crippen molar-refractivity contribution >= 4 is 17.7 Å². The number of carboxylic acid groups (broad SMARTS) is 1. The number of likely N-dealkylation sites (N-methyl/N-ethyl adjacent to an activating group) is 1. The van der Waals surface area contributed by atoms with E-state index >= 15 is 0 Å². The smallest absolute Gasteiger partial charge is 0.323 e. The monoisotopic (exact) mass is 233 g/mol. The van der Waals surface area contributed by atoms with Gasteiger partial charge in [-0.1, -0.05) is 13.3 Å². The number of rotatable bonds is 9. The Labute approximate surface area is 97.0 Å². The third-order valence-corrected chi connectivity index (χ3v) is 3.79. The molecule has 0 aromatic carbocycles. The molecule has 15 heavy (non-hydrogen) atoms. The zero-order chi connectivity index (χ0) is 11.7. The standard InChI is InChI=1S/C11H23NO2S/c1-4-5-8-15-9-6-7-11(2,12-3)10(13)14/h12H,4-9H2,1-3H3,(H,13,14). The minimum atomic E-state index is -0.761. The Balaban J connectivity index is 3.60. The average molecular weight is 233 g/mol. The molecule has 0 saturated heterocycles. The summed E-state index contributed by atoms with van der Waals surface area (Å²) in [5.41, 5.74) is -0.759. The first kappa shape index (κ1) is 14.8. The molecule has 0 aliphatic carbocycles. The van der Waals surface area contributed by atoms with Crippen LogP contribution in [0.25, 0.3) is 0 Å². The highest BCUT2D eigenvalue weighted by Crippen LogP contribution is 2.15. The molecule has 0 fully saturated rings. The fourth-order valence-electron chi connectivity index (χ4n) is 1.22. The van der Waals surface area contributed by atoms with Gasteiger partial charge in [-0.2, -0.15) is 11.8 Å². The molecule has 0 spiro atoms. The molecule has 1 atom stereocenters. The van der Waals surface area contributed by atoms with Gasteiger partial charge in [0, 0.05) is 0 Å². The first-order chi connectivity index (χ1) is 7.06. The van der Waals surface area contributed by atoms with E-state index < -0.39 is 11.5 Å². The molecule has 0 bridgehead atoms. The van der Waals surface area contributed by atoms with Gasteiger partial charge in [-0.3, -0.25) is 4.79 Å². The molecule has 3 nitrogen and oxygen atoms in total. The Kier molecular flexibility index (Phi) is 7.88. The van der Waals surface area contributed by atoms with Crippen molar-refractivity contribution < 1.29 is 9.90 Å². The normalized spacial score (nSPS) is 14.9. The Bertz CT molecular complexity index is 187. The van der Waals surface area contributed by atoms with E-state index in [1.54, 1.807) is 14.0 Å². The van der Waals surface area contributed by atoms with Gasteiger partial charge in [0.05, 0.1) is 0 Å². The van der Waals surface area contributed by atoms with E-state index in [4.69, 9.17) is 5.11 Å². The molecule has 0 rings (SSSR count). The van der Waals surface area contributed by atoms with Crippen LogP contribution in [0.3, 0.4) is 0 Å². The average Bonchev–Trinajstić information content (AvgIpc) is 2.22. The maximum Gasteiger partial charge on any atom is 0.323 e. The van der Waals surface area contributed by atoms with Crippen LogP contribution in [0.4, 0.5) is 0 Å².